The van der Waals surface area contributed by atoms with Crippen LogP contribution in [0, 0.1) is 0 Å². The lowest BCUT2D eigenvalue weighted by Gasteiger charge is -2.19. The SMILES string of the molecule is O[C@@H]1C[C@@H]2c3ccccc3[C@H]1[C@@H]2Cl. The van der Waals surface area contributed by atoms with Crippen LogP contribution in [0.2, 0.25) is 0 Å². The molecule has 1 saturated carbocycles. The largest absolute Gasteiger partial charge is 0.392 e. The molecule has 68 valence electrons. The molecule has 2 aliphatic carbocycles. The third-order valence-corrected chi connectivity index (χ3v) is 3.97. The van der Waals surface area contributed by atoms with Gasteiger partial charge in [0.2, 0.25) is 0 Å². The van der Waals surface area contributed by atoms with Crippen molar-refractivity contribution in [3.63, 3.8) is 0 Å². The summed E-state index contributed by atoms with van der Waals surface area (Å²) in [5, 5.41) is 9.87. The Hall–Kier alpha value is -0.530. The van der Waals surface area contributed by atoms with Crippen LogP contribution in [0.3, 0.4) is 0 Å². The molecule has 1 aromatic carbocycles. The molecule has 0 heterocycles. The van der Waals surface area contributed by atoms with Gasteiger partial charge >= 0.3 is 0 Å². The normalized spacial score (nSPS) is 40.8. The highest BCUT2D eigenvalue weighted by Crippen LogP contribution is 2.55. The molecule has 3 rings (SSSR count). The van der Waals surface area contributed by atoms with E-state index in [2.05, 4.69) is 18.2 Å². The van der Waals surface area contributed by atoms with Crippen LogP contribution < -0.4 is 0 Å². The molecule has 0 aliphatic heterocycles. The molecular weight excluding hydrogens is 184 g/mol. The van der Waals surface area contributed by atoms with Gasteiger partial charge in [0.1, 0.15) is 0 Å². The third kappa shape index (κ3) is 0.866. The predicted molar refractivity (Wildman–Crippen MR) is 52.2 cm³/mol. The first-order chi connectivity index (χ1) is 6.29. The maximum Gasteiger partial charge on any atom is 0.0629 e. The van der Waals surface area contributed by atoms with Gasteiger partial charge < -0.3 is 5.11 Å². The van der Waals surface area contributed by atoms with Gasteiger partial charge in [0.15, 0.2) is 0 Å². The second kappa shape index (κ2) is 2.49. The Balaban J connectivity index is 2.18. The molecule has 1 nitrogen and oxygen atoms in total. The minimum absolute atomic E-state index is 0.118. The van der Waals surface area contributed by atoms with Crippen molar-refractivity contribution in [2.45, 2.75) is 29.7 Å². The zero-order chi connectivity index (χ0) is 9.00. The number of fused-ring (bicyclic) bond motifs is 5. The highest BCUT2D eigenvalue weighted by Gasteiger charge is 2.49. The van der Waals surface area contributed by atoms with Crippen LogP contribution in [0.15, 0.2) is 24.3 Å². The van der Waals surface area contributed by atoms with Gasteiger partial charge in [-0.2, -0.15) is 0 Å². The first kappa shape index (κ1) is 7.84. The Kier molecular flexibility index (Phi) is 1.50. The van der Waals surface area contributed by atoms with Gasteiger partial charge in [-0.15, -0.1) is 11.6 Å². The average Bonchev–Trinajstić information content (AvgIpc) is 2.56. The predicted octanol–water partition coefficient (Wildman–Crippen LogP) is 2.24. The van der Waals surface area contributed by atoms with E-state index in [9.17, 15) is 5.11 Å². The molecule has 0 amide bonds. The van der Waals surface area contributed by atoms with Gasteiger partial charge in [0, 0.05) is 17.2 Å². The van der Waals surface area contributed by atoms with Gasteiger partial charge in [-0.25, -0.2) is 0 Å². The first-order valence-corrected chi connectivity index (χ1v) is 5.13. The number of benzene rings is 1. The lowest BCUT2D eigenvalue weighted by molar-refractivity contribution is 0.158. The maximum absolute atomic E-state index is 9.75. The number of aliphatic hydroxyl groups is 1. The van der Waals surface area contributed by atoms with Crippen LogP contribution in [-0.4, -0.2) is 16.6 Å². The van der Waals surface area contributed by atoms with Crippen molar-refractivity contribution in [2.24, 2.45) is 0 Å². The van der Waals surface area contributed by atoms with Crippen molar-refractivity contribution in [3.05, 3.63) is 35.4 Å². The standard InChI is InChI=1S/C11H11ClO/c12-11-8-5-9(13)10(11)7-4-2-1-3-6(7)8/h1-4,8-11,13H,5H2/t8-,9-,10-,11-/m1/s1. The zero-order valence-corrected chi connectivity index (χ0v) is 7.91. The highest BCUT2D eigenvalue weighted by atomic mass is 35.5. The van der Waals surface area contributed by atoms with E-state index in [0.29, 0.717) is 5.92 Å². The molecule has 0 saturated heterocycles. The summed E-state index contributed by atoms with van der Waals surface area (Å²) in [4.78, 5) is 0. The van der Waals surface area contributed by atoms with Crippen molar-refractivity contribution in [1.82, 2.24) is 0 Å². The van der Waals surface area contributed by atoms with Gasteiger partial charge in [-0.3, -0.25) is 0 Å². The summed E-state index contributed by atoms with van der Waals surface area (Å²) < 4.78 is 0. The first-order valence-electron chi connectivity index (χ1n) is 4.70. The van der Waals surface area contributed by atoms with Crippen LogP contribution >= 0.6 is 11.6 Å². The molecule has 1 fully saturated rings. The smallest absolute Gasteiger partial charge is 0.0629 e. The monoisotopic (exact) mass is 194 g/mol. The van der Waals surface area contributed by atoms with Gasteiger partial charge in [0.25, 0.3) is 0 Å². The lowest BCUT2D eigenvalue weighted by atomic mass is 9.90. The van der Waals surface area contributed by atoms with Crippen molar-refractivity contribution >= 4 is 11.6 Å². The number of hydrogen-bond acceptors (Lipinski definition) is 1. The van der Waals surface area contributed by atoms with Crippen molar-refractivity contribution in [2.75, 3.05) is 0 Å². The van der Waals surface area contributed by atoms with E-state index >= 15 is 0 Å². The summed E-state index contributed by atoms with van der Waals surface area (Å²) >= 11 is 6.28. The molecule has 0 aromatic heterocycles. The number of alkyl halides is 1. The number of rotatable bonds is 0. The maximum atomic E-state index is 9.75. The summed E-state index contributed by atoms with van der Waals surface area (Å²) in [5.41, 5.74) is 2.63. The number of aliphatic hydroxyl groups excluding tert-OH is 1. The van der Waals surface area contributed by atoms with E-state index in [1.165, 1.54) is 11.1 Å². The number of hydrogen-bond donors (Lipinski definition) is 1. The number of halogens is 1. The average molecular weight is 195 g/mol. The highest BCUT2D eigenvalue weighted by molar-refractivity contribution is 6.22. The fourth-order valence-corrected chi connectivity index (χ4v) is 3.37. The Morgan fingerprint density at radius 3 is 2.69 bits per heavy atom. The van der Waals surface area contributed by atoms with Crippen molar-refractivity contribution in [3.8, 4) is 0 Å². The van der Waals surface area contributed by atoms with E-state index in [1.807, 2.05) is 6.07 Å². The van der Waals surface area contributed by atoms with E-state index in [1.54, 1.807) is 0 Å². The molecule has 2 bridgehead atoms. The van der Waals surface area contributed by atoms with Crippen LogP contribution in [0.5, 0.6) is 0 Å². The molecule has 0 spiro atoms. The van der Waals surface area contributed by atoms with E-state index < -0.39 is 0 Å². The van der Waals surface area contributed by atoms with Crippen molar-refractivity contribution in [1.29, 1.82) is 0 Å². The minimum atomic E-state index is -0.220. The molecule has 0 radical (unpaired) electrons. The molecule has 2 aliphatic rings. The second-order valence-corrected chi connectivity index (χ2v) is 4.51. The second-order valence-electron chi connectivity index (χ2n) is 4.01. The Morgan fingerprint density at radius 1 is 1.23 bits per heavy atom. The van der Waals surface area contributed by atoms with Crippen LogP contribution in [-0.2, 0) is 0 Å². The summed E-state index contributed by atoms with van der Waals surface area (Å²) in [5.74, 6) is 0.570. The summed E-state index contributed by atoms with van der Waals surface area (Å²) in [6, 6.07) is 8.31. The molecule has 13 heavy (non-hydrogen) atoms. The summed E-state index contributed by atoms with van der Waals surface area (Å²) in [6.45, 7) is 0. The fourth-order valence-electron chi connectivity index (χ4n) is 2.83. The summed E-state index contributed by atoms with van der Waals surface area (Å²) in [6.07, 6.45) is 0.623. The molecule has 1 aromatic rings. The van der Waals surface area contributed by atoms with Gasteiger partial charge in [-0.1, -0.05) is 24.3 Å². The quantitative estimate of drug-likeness (QED) is 0.628. The van der Waals surface area contributed by atoms with Crippen LogP contribution in [0.4, 0.5) is 0 Å². The summed E-state index contributed by atoms with van der Waals surface area (Å²) in [7, 11) is 0. The lowest BCUT2D eigenvalue weighted by Crippen LogP contribution is -2.16. The molecule has 0 unspecified atom stereocenters. The van der Waals surface area contributed by atoms with Gasteiger partial charge in [0.05, 0.1) is 6.10 Å². The Labute approximate surface area is 82.3 Å². The minimum Gasteiger partial charge on any atom is -0.392 e. The van der Waals surface area contributed by atoms with E-state index in [-0.39, 0.29) is 17.4 Å². The molecule has 4 atom stereocenters. The molecular formula is C11H11ClO. The topological polar surface area (TPSA) is 20.2 Å². The Bertz CT molecular complexity index is 350. The van der Waals surface area contributed by atoms with Crippen LogP contribution in [0.25, 0.3) is 0 Å². The molecule has 1 N–H and O–H groups in total. The van der Waals surface area contributed by atoms with Crippen molar-refractivity contribution < 1.29 is 5.11 Å². The fraction of sp³-hybridized carbons (Fsp3) is 0.455. The third-order valence-electron chi connectivity index (χ3n) is 3.39. The van der Waals surface area contributed by atoms with Crippen LogP contribution in [0.1, 0.15) is 29.4 Å². The van der Waals surface area contributed by atoms with Gasteiger partial charge in [-0.05, 0) is 17.5 Å². The van der Waals surface area contributed by atoms with E-state index in [4.69, 9.17) is 11.6 Å². The van der Waals surface area contributed by atoms with E-state index in [0.717, 1.165) is 6.42 Å². The molecule has 2 heteroatoms. The Morgan fingerprint density at radius 2 is 1.92 bits per heavy atom. The zero-order valence-electron chi connectivity index (χ0n) is 7.15.